The average molecular weight is 330 g/mol. The molecule has 0 saturated heterocycles. The van der Waals surface area contributed by atoms with Gasteiger partial charge in [-0.05, 0) is 40.9 Å². The zero-order chi connectivity index (χ0) is 16.3. The second-order valence-electron chi connectivity index (χ2n) is 4.96. The van der Waals surface area contributed by atoms with E-state index < -0.39 is 0 Å². The van der Waals surface area contributed by atoms with Gasteiger partial charge in [-0.2, -0.15) is 11.3 Å². The van der Waals surface area contributed by atoms with Crippen LogP contribution in [0, 0.1) is 0 Å². The van der Waals surface area contributed by atoms with Gasteiger partial charge < -0.3 is 16.0 Å². The largest absolute Gasteiger partial charge is 0.356 e. The lowest BCUT2D eigenvalue weighted by atomic mass is 10.2. The van der Waals surface area contributed by atoms with Crippen LogP contribution in [0.2, 0.25) is 0 Å². The van der Waals surface area contributed by atoms with Gasteiger partial charge in [0.2, 0.25) is 0 Å². The third-order valence-electron chi connectivity index (χ3n) is 3.23. The molecule has 0 aliphatic heterocycles. The van der Waals surface area contributed by atoms with E-state index in [1.54, 1.807) is 18.4 Å². The van der Waals surface area contributed by atoms with Gasteiger partial charge in [-0.15, -0.1) is 0 Å². The molecule has 1 amide bonds. The summed E-state index contributed by atoms with van der Waals surface area (Å²) in [6.45, 7) is 2.13. The molecule has 1 heterocycles. The predicted octanol–water partition coefficient (Wildman–Crippen LogP) is 2.23. The van der Waals surface area contributed by atoms with Gasteiger partial charge in [0.05, 0.1) is 0 Å². The van der Waals surface area contributed by atoms with Crippen molar-refractivity contribution in [2.45, 2.75) is 13.0 Å². The number of nitrogens with zero attached hydrogens (tertiary/aromatic N) is 1. The van der Waals surface area contributed by atoms with Gasteiger partial charge in [-0.1, -0.05) is 18.2 Å². The van der Waals surface area contributed by atoms with Crippen LogP contribution in [0.1, 0.15) is 22.3 Å². The van der Waals surface area contributed by atoms with E-state index >= 15 is 0 Å². The fraction of sp³-hybridized carbons (Fsp3) is 0.294. The van der Waals surface area contributed by atoms with Gasteiger partial charge in [-0.25, -0.2) is 0 Å². The highest BCUT2D eigenvalue weighted by atomic mass is 32.1. The maximum absolute atomic E-state index is 11.9. The third kappa shape index (κ3) is 6.12. The van der Waals surface area contributed by atoms with Crippen molar-refractivity contribution in [1.29, 1.82) is 0 Å². The number of amides is 1. The quantitative estimate of drug-likeness (QED) is 0.414. The standard InChI is InChI=1S/C17H22N4OS/c1-18-17(21-12-14-8-11-23-13-14)20-10-5-9-19-16(22)15-6-3-2-4-7-15/h2-4,6-8,11,13H,5,9-10,12H2,1H3,(H,19,22)(H2,18,20,21). The maximum Gasteiger partial charge on any atom is 0.251 e. The van der Waals surface area contributed by atoms with E-state index in [1.165, 1.54) is 5.56 Å². The Kier molecular flexibility index (Phi) is 7.13. The zero-order valence-electron chi connectivity index (χ0n) is 13.2. The molecule has 3 N–H and O–H groups in total. The van der Waals surface area contributed by atoms with E-state index in [1.807, 2.05) is 30.3 Å². The molecule has 5 nitrogen and oxygen atoms in total. The van der Waals surface area contributed by atoms with E-state index in [2.05, 4.69) is 37.8 Å². The number of aliphatic imine (C=N–C) groups is 1. The molecular formula is C17H22N4OS. The molecule has 0 bridgehead atoms. The summed E-state index contributed by atoms with van der Waals surface area (Å²) < 4.78 is 0. The molecule has 0 radical (unpaired) electrons. The Morgan fingerprint density at radius 1 is 1.09 bits per heavy atom. The molecule has 0 saturated carbocycles. The molecule has 0 aliphatic rings. The van der Waals surface area contributed by atoms with E-state index in [-0.39, 0.29) is 5.91 Å². The van der Waals surface area contributed by atoms with Crippen LogP contribution in [0.25, 0.3) is 0 Å². The lowest BCUT2D eigenvalue weighted by molar-refractivity contribution is 0.0953. The van der Waals surface area contributed by atoms with Crippen LogP contribution in [-0.4, -0.2) is 32.0 Å². The van der Waals surface area contributed by atoms with Gasteiger partial charge in [0.15, 0.2) is 5.96 Å². The van der Waals surface area contributed by atoms with Crippen LogP contribution < -0.4 is 16.0 Å². The van der Waals surface area contributed by atoms with Crippen molar-refractivity contribution in [2.75, 3.05) is 20.1 Å². The number of hydrogen-bond acceptors (Lipinski definition) is 3. The Bertz CT molecular complexity index is 611. The molecule has 0 spiro atoms. The molecule has 23 heavy (non-hydrogen) atoms. The first-order chi connectivity index (χ1) is 11.3. The minimum atomic E-state index is -0.0365. The van der Waals surface area contributed by atoms with Crippen LogP contribution in [0.5, 0.6) is 0 Å². The number of benzene rings is 1. The van der Waals surface area contributed by atoms with Crippen molar-refractivity contribution >= 4 is 23.2 Å². The van der Waals surface area contributed by atoms with Crippen molar-refractivity contribution < 1.29 is 4.79 Å². The minimum absolute atomic E-state index is 0.0365. The summed E-state index contributed by atoms with van der Waals surface area (Å²) in [5.41, 5.74) is 1.93. The Labute approximate surface area is 140 Å². The molecule has 2 aromatic rings. The van der Waals surface area contributed by atoms with Crippen LogP contribution in [-0.2, 0) is 6.54 Å². The Morgan fingerprint density at radius 3 is 2.57 bits per heavy atom. The van der Waals surface area contributed by atoms with Crippen LogP contribution in [0.15, 0.2) is 52.2 Å². The molecule has 0 fully saturated rings. The summed E-state index contributed by atoms with van der Waals surface area (Å²) in [7, 11) is 1.75. The number of carbonyl (C=O) groups is 1. The SMILES string of the molecule is CN=C(NCCCNC(=O)c1ccccc1)NCc1ccsc1. The van der Waals surface area contributed by atoms with E-state index in [0.717, 1.165) is 25.5 Å². The molecule has 6 heteroatoms. The van der Waals surface area contributed by atoms with E-state index in [0.29, 0.717) is 12.1 Å². The number of hydrogen-bond donors (Lipinski definition) is 3. The summed E-state index contributed by atoms with van der Waals surface area (Å²) in [4.78, 5) is 16.0. The van der Waals surface area contributed by atoms with E-state index in [9.17, 15) is 4.79 Å². The summed E-state index contributed by atoms with van der Waals surface area (Å²) in [5.74, 6) is 0.733. The Hall–Kier alpha value is -2.34. The Morgan fingerprint density at radius 2 is 1.87 bits per heavy atom. The summed E-state index contributed by atoms with van der Waals surface area (Å²) >= 11 is 1.68. The second-order valence-corrected chi connectivity index (χ2v) is 5.74. The summed E-state index contributed by atoms with van der Waals surface area (Å²) in [6, 6.07) is 11.3. The van der Waals surface area contributed by atoms with Crippen molar-refractivity contribution in [2.24, 2.45) is 4.99 Å². The van der Waals surface area contributed by atoms with Gasteiger partial charge in [0, 0.05) is 32.2 Å². The van der Waals surface area contributed by atoms with Gasteiger partial charge in [0.25, 0.3) is 5.91 Å². The van der Waals surface area contributed by atoms with Gasteiger partial charge >= 0.3 is 0 Å². The monoisotopic (exact) mass is 330 g/mol. The highest BCUT2D eigenvalue weighted by Gasteiger charge is 2.03. The third-order valence-corrected chi connectivity index (χ3v) is 3.96. The fourth-order valence-corrected chi connectivity index (χ4v) is 2.66. The van der Waals surface area contributed by atoms with Crippen LogP contribution >= 0.6 is 11.3 Å². The number of carbonyl (C=O) groups excluding carboxylic acids is 1. The number of guanidine groups is 1. The summed E-state index contributed by atoms with van der Waals surface area (Å²) in [6.07, 6.45) is 0.831. The summed E-state index contributed by atoms with van der Waals surface area (Å²) in [5, 5.41) is 13.6. The molecular weight excluding hydrogens is 308 g/mol. The minimum Gasteiger partial charge on any atom is -0.356 e. The fourth-order valence-electron chi connectivity index (χ4n) is 1.99. The number of rotatable bonds is 7. The van der Waals surface area contributed by atoms with Crippen molar-refractivity contribution in [3.63, 3.8) is 0 Å². The van der Waals surface area contributed by atoms with Crippen molar-refractivity contribution in [1.82, 2.24) is 16.0 Å². The molecule has 0 aliphatic carbocycles. The molecule has 0 unspecified atom stereocenters. The van der Waals surface area contributed by atoms with Crippen LogP contribution in [0.4, 0.5) is 0 Å². The average Bonchev–Trinajstić information content (AvgIpc) is 3.11. The molecule has 1 aromatic heterocycles. The molecule has 2 rings (SSSR count). The van der Waals surface area contributed by atoms with Gasteiger partial charge in [0.1, 0.15) is 0 Å². The first-order valence-corrected chi connectivity index (χ1v) is 8.52. The molecule has 0 atom stereocenters. The highest BCUT2D eigenvalue weighted by Crippen LogP contribution is 2.04. The first-order valence-electron chi connectivity index (χ1n) is 7.58. The predicted molar refractivity (Wildman–Crippen MR) is 95.9 cm³/mol. The normalized spacial score (nSPS) is 11.1. The number of nitrogens with one attached hydrogen (secondary N) is 3. The lowest BCUT2D eigenvalue weighted by Crippen LogP contribution is -2.38. The first kappa shape index (κ1) is 17.0. The Balaban J connectivity index is 1.59. The zero-order valence-corrected chi connectivity index (χ0v) is 14.0. The number of thiophene rings is 1. The highest BCUT2D eigenvalue weighted by molar-refractivity contribution is 7.07. The second kappa shape index (κ2) is 9.63. The lowest BCUT2D eigenvalue weighted by Gasteiger charge is -2.11. The van der Waals surface area contributed by atoms with Crippen LogP contribution in [0.3, 0.4) is 0 Å². The van der Waals surface area contributed by atoms with E-state index in [4.69, 9.17) is 0 Å². The van der Waals surface area contributed by atoms with Crippen molar-refractivity contribution in [3.8, 4) is 0 Å². The van der Waals surface area contributed by atoms with Gasteiger partial charge in [-0.3, -0.25) is 9.79 Å². The van der Waals surface area contributed by atoms with Crippen molar-refractivity contribution in [3.05, 3.63) is 58.3 Å². The maximum atomic E-state index is 11.9. The topological polar surface area (TPSA) is 65.5 Å². The smallest absolute Gasteiger partial charge is 0.251 e. The molecule has 122 valence electrons. The molecule has 1 aromatic carbocycles.